The van der Waals surface area contributed by atoms with E-state index in [-0.39, 0.29) is 18.5 Å². The lowest BCUT2D eigenvalue weighted by Gasteiger charge is -2.22. The second-order valence-electron chi connectivity index (χ2n) is 29.2. The molecular weight excluding hydrogens is 1100 g/mol. The first kappa shape index (κ1) is 88.6. The van der Waals surface area contributed by atoms with Crippen LogP contribution >= 0.6 is 0 Å². The molecule has 0 spiro atoms. The zero-order valence-electron chi connectivity index (χ0n) is 61.7. The molecule has 0 aromatic heterocycles. The molecule has 0 radical (unpaired) electrons. The van der Waals surface area contributed by atoms with Crippen LogP contribution in [0.3, 0.4) is 0 Å². The number of hydrogen-bond acceptors (Lipinski definition) is 5. The largest absolute Gasteiger partial charge is 0.466 e. The predicted molar refractivity (Wildman–Crippen MR) is 398 cm³/mol. The fourth-order valence-corrected chi connectivity index (χ4v) is 13.7. The fraction of sp³-hybridized carbons (Fsp3) is 0.952. The third-order valence-corrected chi connectivity index (χ3v) is 20.1. The average molecular weight is 1270 g/mol. The van der Waals surface area contributed by atoms with E-state index in [0.717, 1.165) is 44.9 Å². The van der Waals surface area contributed by atoms with E-state index in [1.165, 1.54) is 411 Å². The third-order valence-electron chi connectivity index (χ3n) is 20.1. The van der Waals surface area contributed by atoms with Gasteiger partial charge in [-0.05, 0) is 51.4 Å². The van der Waals surface area contributed by atoms with Gasteiger partial charge in [-0.3, -0.25) is 9.59 Å². The molecule has 0 aromatic rings. The maximum Gasteiger partial charge on any atom is 0.305 e. The SMILES string of the molecule is CCCCC/C=C\CCCCCCCC(=O)OCCCCCCCCCCCCCCCCCCCCCCCCCCCCCCCCCCCCCCCCCC(=O)NC(CO)C(O)CCCCCCCCCCCCCCCCCCCCCCCC. The van der Waals surface area contributed by atoms with E-state index < -0.39 is 12.1 Å². The first-order valence-electron chi connectivity index (χ1n) is 41.9. The number of carbonyl (C=O) groups excluding carboxylic acids is 2. The van der Waals surface area contributed by atoms with Gasteiger partial charge >= 0.3 is 5.97 Å². The summed E-state index contributed by atoms with van der Waals surface area (Å²) in [7, 11) is 0. The molecule has 1 amide bonds. The van der Waals surface area contributed by atoms with E-state index >= 15 is 0 Å². The molecule has 0 aliphatic carbocycles. The summed E-state index contributed by atoms with van der Waals surface area (Å²) in [6.45, 7) is 4.99. The summed E-state index contributed by atoms with van der Waals surface area (Å²) < 4.78 is 5.48. The number of unbranched alkanes of at least 4 members (excludes halogenated alkanes) is 67. The van der Waals surface area contributed by atoms with Gasteiger partial charge in [-0.15, -0.1) is 0 Å². The van der Waals surface area contributed by atoms with E-state index in [0.29, 0.717) is 25.9 Å². The minimum absolute atomic E-state index is 0.0150. The maximum atomic E-state index is 12.6. The lowest BCUT2D eigenvalue weighted by atomic mass is 10.0. The molecular formula is C84H165NO5. The van der Waals surface area contributed by atoms with Gasteiger partial charge in [0.15, 0.2) is 0 Å². The van der Waals surface area contributed by atoms with Crippen molar-refractivity contribution in [1.82, 2.24) is 5.32 Å². The molecule has 0 rings (SSSR count). The summed E-state index contributed by atoms with van der Waals surface area (Å²) in [6.07, 6.45) is 102. The normalized spacial score (nSPS) is 12.4. The van der Waals surface area contributed by atoms with Gasteiger partial charge in [0.05, 0.1) is 25.4 Å². The van der Waals surface area contributed by atoms with Crippen molar-refractivity contribution in [2.45, 2.75) is 501 Å². The number of ether oxygens (including phenoxy) is 1. The highest BCUT2D eigenvalue weighted by molar-refractivity contribution is 5.76. The van der Waals surface area contributed by atoms with E-state index in [2.05, 4.69) is 31.3 Å². The van der Waals surface area contributed by atoms with Crippen LogP contribution in [0.25, 0.3) is 0 Å². The number of esters is 1. The number of allylic oxidation sites excluding steroid dienone is 2. The van der Waals surface area contributed by atoms with Crippen molar-refractivity contribution in [3.63, 3.8) is 0 Å². The Bertz CT molecular complexity index is 1370. The molecule has 0 fully saturated rings. The monoisotopic (exact) mass is 1270 g/mol. The Morgan fingerprint density at radius 2 is 0.522 bits per heavy atom. The number of nitrogens with one attached hydrogen (secondary N) is 1. The summed E-state index contributed by atoms with van der Waals surface area (Å²) in [4.78, 5) is 24.6. The number of rotatable bonds is 80. The number of aliphatic hydroxyl groups is 2. The van der Waals surface area contributed by atoms with Gasteiger partial charge in [0, 0.05) is 12.8 Å². The van der Waals surface area contributed by atoms with Crippen molar-refractivity contribution >= 4 is 11.9 Å². The first-order valence-corrected chi connectivity index (χ1v) is 41.9. The van der Waals surface area contributed by atoms with Gasteiger partial charge in [0.2, 0.25) is 5.91 Å². The van der Waals surface area contributed by atoms with Crippen molar-refractivity contribution in [3.8, 4) is 0 Å². The molecule has 0 saturated carbocycles. The van der Waals surface area contributed by atoms with Gasteiger partial charge in [0.1, 0.15) is 0 Å². The van der Waals surface area contributed by atoms with E-state index in [9.17, 15) is 19.8 Å². The third kappa shape index (κ3) is 75.6. The van der Waals surface area contributed by atoms with Crippen LogP contribution in [0.15, 0.2) is 12.2 Å². The first-order chi connectivity index (χ1) is 44.5. The Morgan fingerprint density at radius 3 is 0.811 bits per heavy atom. The van der Waals surface area contributed by atoms with Crippen LogP contribution in [0.1, 0.15) is 489 Å². The minimum atomic E-state index is -0.661. The fourth-order valence-electron chi connectivity index (χ4n) is 13.7. The zero-order chi connectivity index (χ0) is 64.9. The molecule has 3 N–H and O–H groups in total. The quantitative estimate of drug-likeness (QED) is 0.0320. The Kier molecular flexibility index (Phi) is 78.8. The number of amides is 1. The number of carbonyl (C=O) groups is 2. The van der Waals surface area contributed by atoms with Gasteiger partial charge in [0.25, 0.3) is 0 Å². The molecule has 6 heteroatoms. The van der Waals surface area contributed by atoms with Gasteiger partial charge < -0.3 is 20.3 Å². The Morgan fingerprint density at radius 1 is 0.300 bits per heavy atom. The van der Waals surface area contributed by atoms with Crippen LogP contribution in [0.4, 0.5) is 0 Å². The van der Waals surface area contributed by atoms with Crippen molar-refractivity contribution in [1.29, 1.82) is 0 Å². The molecule has 2 unspecified atom stereocenters. The second kappa shape index (κ2) is 80.0. The van der Waals surface area contributed by atoms with E-state index in [1.54, 1.807) is 0 Å². The predicted octanol–water partition coefficient (Wildman–Crippen LogP) is 27.8. The smallest absolute Gasteiger partial charge is 0.305 e. The highest BCUT2D eigenvalue weighted by Crippen LogP contribution is 2.21. The molecule has 0 saturated heterocycles. The van der Waals surface area contributed by atoms with Crippen LogP contribution in [0.5, 0.6) is 0 Å². The molecule has 6 nitrogen and oxygen atoms in total. The van der Waals surface area contributed by atoms with Crippen LogP contribution in [-0.2, 0) is 14.3 Å². The van der Waals surface area contributed by atoms with Crippen LogP contribution in [-0.4, -0.2) is 47.4 Å². The van der Waals surface area contributed by atoms with Crippen molar-refractivity contribution in [2.75, 3.05) is 13.2 Å². The topological polar surface area (TPSA) is 95.9 Å². The lowest BCUT2D eigenvalue weighted by molar-refractivity contribution is -0.143. The molecule has 2 atom stereocenters. The second-order valence-corrected chi connectivity index (χ2v) is 29.2. The highest BCUT2D eigenvalue weighted by atomic mass is 16.5. The van der Waals surface area contributed by atoms with Crippen LogP contribution in [0.2, 0.25) is 0 Å². The molecule has 536 valence electrons. The lowest BCUT2D eigenvalue weighted by Crippen LogP contribution is -2.45. The molecule has 90 heavy (non-hydrogen) atoms. The van der Waals surface area contributed by atoms with E-state index in [1.807, 2.05) is 0 Å². The minimum Gasteiger partial charge on any atom is -0.466 e. The van der Waals surface area contributed by atoms with Crippen LogP contribution < -0.4 is 5.32 Å². The maximum absolute atomic E-state index is 12.6. The van der Waals surface area contributed by atoms with Gasteiger partial charge in [-0.25, -0.2) is 0 Å². The Hall–Kier alpha value is -1.40. The summed E-state index contributed by atoms with van der Waals surface area (Å²) in [5, 5.41) is 23.5. The summed E-state index contributed by atoms with van der Waals surface area (Å²) in [6, 6.07) is -0.537. The van der Waals surface area contributed by atoms with Crippen molar-refractivity contribution in [2.24, 2.45) is 0 Å². The van der Waals surface area contributed by atoms with Gasteiger partial charge in [-0.2, -0.15) is 0 Å². The zero-order valence-corrected chi connectivity index (χ0v) is 61.7. The summed E-state index contributed by atoms with van der Waals surface area (Å²) >= 11 is 0. The van der Waals surface area contributed by atoms with Crippen LogP contribution in [0, 0.1) is 0 Å². The summed E-state index contributed by atoms with van der Waals surface area (Å²) in [5.41, 5.74) is 0. The summed E-state index contributed by atoms with van der Waals surface area (Å²) in [5.74, 6) is -0.00766. The molecule has 0 heterocycles. The molecule has 0 bridgehead atoms. The number of hydrogen-bond donors (Lipinski definition) is 3. The standard InChI is InChI=1S/C84H165NO5/c1-3-5-7-9-11-13-15-17-18-19-20-21-41-44-47-50-53-56-60-64-68-72-76-82(87)81(80-86)85-83(88)77-73-69-65-61-57-54-51-48-45-42-39-37-35-33-31-29-27-25-23-22-24-26-28-30-32-34-36-38-40-43-46-49-52-55-59-63-67-71-75-79-90-84(89)78-74-70-66-62-58-16-14-12-10-8-6-4-2/h12,14,81-82,86-87H,3-11,13,15-80H2,1-2H3,(H,85,88)/b14-12-. The van der Waals surface area contributed by atoms with Crippen molar-refractivity contribution in [3.05, 3.63) is 12.2 Å². The Balaban J connectivity index is 3.30. The van der Waals surface area contributed by atoms with Crippen molar-refractivity contribution < 1.29 is 24.5 Å². The average Bonchev–Trinajstić information content (AvgIpc) is 3.65. The highest BCUT2D eigenvalue weighted by Gasteiger charge is 2.20. The van der Waals surface area contributed by atoms with E-state index in [4.69, 9.17) is 4.74 Å². The molecule has 0 aliphatic rings. The Labute approximate surface area is 565 Å². The number of aliphatic hydroxyl groups excluding tert-OH is 2. The van der Waals surface area contributed by atoms with Gasteiger partial charge in [-0.1, -0.05) is 437 Å². The molecule has 0 aromatic carbocycles. The molecule has 0 aliphatic heterocycles.